The second-order valence-electron chi connectivity index (χ2n) is 7.64. The van der Waals surface area contributed by atoms with Gasteiger partial charge in [0.2, 0.25) is 0 Å². The zero-order chi connectivity index (χ0) is 18.9. The molecule has 1 aromatic rings. The summed E-state index contributed by atoms with van der Waals surface area (Å²) in [5.41, 5.74) is 1.94. The monoisotopic (exact) mass is 435 g/mol. The van der Waals surface area contributed by atoms with Gasteiger partial charge in [0.1, 0.15) is 12.2 Å². The number of carbonyl (C=O) groups is 1. The molecule has 0 radical (unpaired) electrons. The number of aliphatic hydroxyl groups excluding tert-OH is 1. The van der Waals surface area contributed by atoms with Gasteiger partial charge in [-0.2, -0.15) is 0 Å². The van der Waals surface area contributed by atoms with E-state index in [1.165, 1.54) is 0 Å². The highest BCUT2D eigenvalue weighted by molar-refractivity contribution is 9.10. The Morgan fingerprint density at radius 2 is 2.30 bits per heavy atom. The molecule has 5 rings (SSSR count). The summed E-state index contributed by atoms with van der Waals surface area (Å²) in [6.45, 7) is 2.78. The number of piperidine rings is 1. The minimum absolute atomic E-state index is 0.0178. The Balaban J connectivity index is 1.72. The second-order valence-corrected chi connectivity index (χ2v) is 8.49. The van der Waals surface area contributed by atoms with E-state index < -0.39 is 6.10 Å². The van der Waals surface area contributed by atoms with Crippen LogP contribution in [0.2, 0.25) is 0 Å². The average molecular weight is 436 g/mol. The molecule has 2 heterocycles. The Hall–Kier alpha value is -1.73. The lowest BCUT2D eigenvalue weighted by atomic mass is 9.53. The van der Waals surface area contributed by atoms with Gasteiger partial charge in [-0.3, -0.25) is 0 Å². The van der Waals surface area contributed by atoms with Crippen LogP contribution < -0.4 is 9.47 Å². The number of aliphatic hydroxyl groups is 1. The van der Waals surface area contributed by atoms with Gasteiger partial charge in [-0.05, 0) is 31.4 Å². The minimum atomic E-state index is -0.683. The van der Waals surface area contributed by atoms with Crippen LogP contribution in [0.25, 0.3) is 0 Å². The molecule has 0 saturated carbocycles. The smallest absolute Gasteiger partial charge is 0.410 e. The van der Waals surface area contributed by atoms with Gasteiger partial charge in [-0.15, -0.1) is 0 Å². The fourth-order valence-corrected chi connectivity index (χ4v) is 6.24. The number of likely N-dealkylation sites (tertiary alicyclic amines) is 1. The fraction of sp³-hybridized carbons (Fsp3) is 0.550. The number of methoxy groups -OCH3 is 1. The maximum Gasteiger partial charge on any atom is 0.410 e. The molecule has 2 aliphatic carbocycles. The summed E-state index contributed by atoms with van der Waals surface area (Å²) in [4.78, 5) is 14.5. The number of hydrogen-bond donors (Lipinski definition) is 1. The van der Waals surface area contributed by atoms with Crippen LogP contribution in [0.15, 0.2) is 22.7 Å². The third-order valence-corrected chi connectivity index (χ3v) is 7.36. The molecule has 1 saturated heterocycles. The van der Waals surface area contributed by atoms with Gasteiger partial charge in [0.25, 0.3) is 0 Å². The molecule has 0 unspecified atom stereocenters. The van der Waals surface area contributed by atoms with Crippen molar-refractivity contribution in [1.82, 2.24) is 4.90 Å². The lowest BCUT2D eigenvalue weighted by Gasteiger charge is -2.56. The van der Waals surface area contributed by atoms with Crippen LogP contribution >= 0.6 is 15.9 Å². The molecule has 1 N–H and O–H groups in total. The number of nitrogens with zero attached hydrogens (tertiary/aromatic N) is 1. The van der Waals surface area contributed by atoms with E-state index in [9.17, 15) is 9.90 Å². The molecule has 4 aliphatic rings. The van der Waals surface area contributed by atoms with Gasteiger partial charge in [0, 0.05) is 34.0 Å². The average Bonchev–Trinajstić information content (AvgIpc) is 2.99. The first-order valence-electron chi connectivity index (χ1n) is 9.39. The SMILES string of the molecule is CCOC(=O)N1CC[C@]23c4c5c(Br)cc(OC)c4O[C@H]2[C@@H](O)C=C[C@H]3[C@@H]1C5. The van der Waals surface area contributed by atoms with E-state index in [1.807, 2.05) is 24.0 Å². The summed E-state index contributed by atoms with van der Waals surface area (Å²) >= 11 is 3.70. The van der Waals surface area contributed by atoms with Crippen molar-refractivity contribution in [3.63, 3.8) is 0 Å². The fourth-order valence-electron chi connectivity index (χ4n) is 5.67. The number of ether oxygens (including phenoxy) is 3. The highest BCUT2D eigenvalue weighted by atomic mass is 79.9. The topological polar surface area (TPSA) is 68.2 Å². The van der Waals surface area contributed by atoms with E-state index in [4.69, 9.17) is 14.2 Å². The highest BCUT2D eigenvalue weighted by Gasteiger charge is 2.65. The molecule has 5 atom stereocenters. The molecule has 27 heavy (non-hydrogen) atoms. The number of halogens is 1. The van der Waals surface area contributed by atoms with Crippen molar-refractivity contribution < 1.29 is 24.1 Å². The number of benzene rings is 1. The van der Waals surface area contributed by atoms with Crippen molar-refractivity contribution in [1.29, 1.82) is 0 Å². The molecule has 1 aromatic carbocycles. The van der Waals surface area contributed by atoms with Crippen molar-refractivity contribution in [3.05, 3.63) is 33.8 Å². The van der Waals surface area contributed by atoms with Gasteiger partial charge < -0.3 is 24.2 Å². The van der Waals surface area contributed by atoms with Crippen molar-refractivity contribution in [3.8, 4) is 11.5 Å². The Bertz CT molecular complexity index is 855. The lowest BCUT2D eigenvalue weighted by molar-refractivity contribution is -0.0485. The van der Waals surface area contributed by atoms with Gasteiger partial charge in [-0.1, -0.05) is 28.1 Å². The second kappa shape index (κ2) is 5.88. The van der Waals surface area contributed by atoms with Crippen molar-refractivity contribution in [2.45, 2.75) is 43.4 Å². The van der Waals surface area contributed by atoms with E-state index in [0.717, 1.165) is 27.8 Å². The summed E-state index contributed by atoms with van der Waals surface area (Å²) in [5, 5.41) is 10.7. The molecule has 6 nitrogen and oxygen atoms in total. The van der Waals surface area contributed by atoms with Crippen LogP contribution in [0.3, 0.4) is 0 Å². The lowest BCUT2D eigenvalue weighted by Crippen LogP contribution is -2.66. The van der Waals surface area contributed by atoms with Crippen molar-refractivity contribution in [2.24, 2.45) is 5.92 Å². The van der Waals surface area contributed by atoms with Crippen LogP contribution in [0, 0.1) is 5.92 Å². The van der Waals surface area contributed by atoms with Gasteiger partial charge >= 0.3 is 6.09 Å². The van der Waals surface area contributed by atoms with Crippen LogP contribution in [0.1, 0.15) is 24.5 Å². The molecule has 7 heteroatoms. The summed E-state index contributed by atoms with van der Waals surface area (Å²) in [7, 11) is 1.63. The Kier molecular flexibility index (Phi) is 3.78. The zero-order valence-corrected chi connectivity index (χ0v) is 16.9. The van der Waals surface area contributed by atoms with Crippen LogP contribution in [0.4, 0.5) is 4.79 Å². The molecular weight excluding hydrogens is 414 g/mol. The molecule has 1 amide bonds. The summed E-state index contributed by atoms with van der Waals surface area (Å²) in [6.07, 6.45) is 4.02. The van der Waals surface area contributed by atoms with Crippen LogP contribution in [0.5, 0.6) is 11.5 Å². The molecule has 2 bridgehead atoms. The summed E-state index contributed by atoms with van der Waals surface area (Å²) in [5.74, 6) is 1.51. The van der Waals surface area contributed by atoms with E-state index in [1.54, 1.807) is 7.11 Å². The number of hydrogen-bond acceptors (Lipinski definition) is 5. The number of rotatable bonds is 2. The van der Waals surface area contributed by atoms with E-state index >= 15 is 0 Å². The summed E-state index contributed by atoms with van der Waals surface area (Å²) in [6, 6.07) is 1.91. The Labute approximate surface area is 166 Å². The summed E-state index contributed by atoms with van der Waals surface area (Å²) < 4.78 is 18.2. The molecule has 2 aliphatic heterocycles. The first kappa shape index (κ1) is 17.4. The zero-order valence-electron chi connectivity index (χ0n) is 15.3. The minimum Gasteiger partial charge on any atom is -0.493 e. The van der Waals surface area contributed by atoms with Crippen molar-refractivity contribution >= 4 is 22.0 Å². The molecule has 144 valence electrons. The van der Waals surface area contributed by atoms with Gasteiger partial charge in [-0.25, -0.2) is 4.79 Å². The largest absolute Gasteiger partial charge is 0.493 e. The highest BCUT2D eigenvalue weighted by Crippen LogP contribution is 2.63. The quantitative estimate of drug-likeness (QED) is 0.723. The third kappa shape index (κ3) is 2.07. The van der Waals surface area contributed by atoms with Crippen LogP contribution in [-0.4, -0.2) is 54.6 Å². The first-order chi connectivity index (χ1) is 13.0. The van der Waals surface area contributed by atoms with E-state index in [2.05, 4.69) is 22.0 Å². The Morgan fingerprint density at radius 3 is 3.04 bits per heavy atom. The Morgan fingerprint density at radius 1 is 1.48 bits per heavy atom. The third-order valence-electron chi connectivity index (χ3n) is 6.65. The predicted octanol–water partition coefficient (Wildman–Crippen LogP) is 2.79. The molecule has 0 aromatic heterocycles. The number of amides is 1. The predicted molar refractivity (Wildman–Crippen MR) is 101 cm³/mol. The molecule has 1 spiro atoms. The van der Waals surface area contributed by atoms with Gasteiger partial charge in [0.05, 0.1) is 13.7 Å². The standard InChI is InChI=1S/C20H22BrNO5/c1-3-26-19(24)22-7-6-20-11-4-5-14(23)18(20)27-17-15(25-2)9-12(21)10(16(17)20)8-13(11)22/h4-5,9,11,13-14,18,23H,3,6-8H2,1-2H3/t11-,13-,14-,18-,20-/m0/s1. The maximum absolute atomic E-state index is 12.6. The normalized spacial score (nSPS) is 34.7. The number of carbonyl (C=O) groups excluding carboxylic acids is 1. The molecular formula is C20H22BrNO5. The van der Waals surface area contributed by atoms with Crippen molar-refractivity contribution in [2.75, 3.05) is 20.3 Å². The van der Waals surface area contributed by atoms with Crippen LogP contribution in [-0.2, 0) is 16.6 Å². The maximum atomic E-state index is 12.6. The molecule has 1 fully saturated rings. The van der Waals surface area contributed by atoms with Gasteiger partial charge in [0.15, 0.2) is 11.5 Å². The van der Waals surface area contributed by atoms with E-state index in [-0.39, 0.29) is 29.6 Å². The van der Waals surface area contributed by atoms with E-state index in [0.29, 0.717) is 25.3 Å². The first-order valence-corrected chi connectivity index (χ1v) is 10.2.